The molecule has 9 heteroatoms. The average Bonchev–Trinajstić information content (AvgIpc) is 2.48. The van der Waals surface area contributed by atoms with Crippen molar-refractivity contribution in [2.24, 2.45) is 0 Å². The predicted molar refractivity (Wildman–Crippen MR) is 85.2 cm³/mol. The molecule has 0 aliphatic heterocycles. The van der Waals surface area contributed by atoms with E-state index in [1.165, 1.54) is 12.4 Å². The number of anilines is 2. The summed E-state index contributed by atoms with van der Waals surface area (Å²) in [6, 6.07) is 2.82. The smallest absolute Gasteiger partial charge is 0.367 e. The average molecular weight is 359 g/mol. The highest BCUT2D eigenvalue weighted by Crippen LogP contribution is 2.33. The molecule has 1 heterocycles. The van der Waals surface area contributed by atoms with E-state index in [-0.39, 0.29) is 22.4 Å². The van der Waals surface area contributed by atoms with Crippen LogP contribution in [0.15, 0.2) is 30.6 Å². The molecule has 0 saturated heterocycles. The van der Waals surface area contributed by atoms with Crippen molar-refractivity contribution in [2.75, 3.05) is 10.6 Å². The molecule has 0 aliphatic rings. The van der Waals surface area contributed by atoms with Crippen LogP contribution < -0.4 is 10.6 Å². The van der Waals surface area contributed by atoms with Gasteiger partial charge in [-0.15, -0.1) is 0 Å². The highest BCUT2D eigenvalue weighted by atomic mass is 35.5. The number of aromatic nitrogens is 2. The Morgan fingerprint density at radius 3 is 2.46 bits per heavy atom. The minimum atomic E-state index is -4.53. The Morgan fingerprint density at radius 2 is 1.92 bits per heavy atom. The lowest BCUT2D eigenvalue weighted by Gasteiger charge is -2.12. The number of benzene rings is 1. The molecule has 1 aromatic carbocycles. The minimum absolute atomic E-state index is 0.0117. The van der Waals surface area contributed by atoms with Gasteiger partial charge < -0.3 is 10.6 Å². The topological polar surface area (TPSA) is 66.9 Å². The molecule has 0 unspecified atom stereocenters. The number of halogens is 4. The summed E-state index contributed by atoms with van der Waals surface area (Å²) in [5, 5.41) is 5.30. The number of amides is 1. The SMILES string of the molecule is CC(C)Nc1cnc(C(=O)Nc2cc(C(F)(F)F)ccc2Cl)cn1. The van der Waals surface area contributed by atoms with Crippen LogP contribution >= 0.6 is 11.6 Å². The monoisotopic (exact) mass is 358 g/mol. The van der Waals surface area contributed by atoms with Crippen LogP contribution in [0.3, 0.4) is 0 Å². The van der Waals surface area contributed by atoms with Gasteiger partial charge in [0, 0.05) is 6.04 Å². The number of rotatable bonds is 4. The van der Waals surface area contributed by atoms with Crippen LogP contribution in [-0.2, 0) is 6.18 Å². The number of hydrogen-bond donors (Lipinski definition) is 2. The third-order valence-electron chi connectivity index (χ3n) is 2.86. The third kappa shape index (κ3) is 4.58. The number of hydrogen-bond acceptors (Lipinski definition) is 4. The van der Waals surface area contributed by atoms with Crippen LogP contribution in [0.5, 0.6) is 0 Å². The van der Waals surface area contributed by atoms with Gasteiger partial charge in [-0.1, -0.05) is 11.6 Å². The Morgan fingerprint density at radius 1 is 1.21 bits per heavy atom. The third-order valence-corrected chi connectivity index (χ3v) is 3.19. The second-order valence-electron chi connectivity index (χ2n) is 5.23. The highest BCUT2D eigenvalue weighted by Gasteiger charge is 2.31. The van der Waals surface area contributed by atoms with E-state index in [1.54, 1.807) is 0 Å². The van der Waals surface area contributed by atoms with Gasteiger partial charge in [-0.3, -0.25) is 4.79 Å². The van der Waals surface area contributed by atoms with Gasteiger partial charge in [-0.05, 0) is 32.0 Å². The van der Waals surface area contributed by atoms with Crippen LogP contribution in [0.1, 0.15) is 29.9 Å². The van der Waals surface area contributed by atoms with Gasteiger partial charge in [0.1, 0.15) is 11.5 Å². The Labute approximate surface area is 141 Å². The number of carbonyl (C=O) groups is 1. The van der Waals surface area contributed by atoms with Crippen LogP contribution in [0, 0.1) is 0 Å². The second kappa shape index (κ2) is 7.04. The van der Waals surface area contributed by atoms with Crippen molar-refractivity contribution in [3.05, 3.63) is 46.9 Å². The first-order valence-electron chi connectivity index (χ1n) is 6.93. The molecule has 0 aliphatic carbocycles. The van der Waals surface area contributed by atoms with E-state index in [9.17, 15) is 18.0 Å². The lowest BCUT2D eigenvalue weighted by Crippen LogP contribution is -2.16. The molecule has 0 atom stereocenters. The Bertz CT molecular complexity index is 732. The van der Waals surface area contributed by atoms with Crippen molar-refractivity contribution in [2.45, 2.75) is 26.1 Å². The van der Waals surface area contributed by atoms with Crippen molar-refractivity contribution in [3.63, 3.8) is 0 Å². The molecule has 1 amide bonds. The molecule has 5 nitrogen and oxygen atoms in total. The molecule has 0 radical (unpaired) electrons. The van der Waals surface area contributed by atoms with Crippen molar-refractivity contribution < 1.29 is 18.0 Å². The van der Waals surface area contributed by atoms with Gasteiger partial charge in [0.2, 0.25) is 0 Å². The number of carbonyl (C=O) groups excluding carboxylic acids is 1. The van der Waals surface area contributed by atoms with E-state index in [2.05, 4.69) is 20.6 Å². The van der Waals surface area contributed by atoms with Crippen molar-refractivity contribution >= 4 is 29.0 Å². The summed E-state index contributed by atoms with van der Waals surface area (Å²) in [6.07, 6.45) is -1.95. The number of nitrogens with one attached hydrogen (secondary N) is 2. The molecule has 24 heavy (non-hydrogen) atoms. The van der Waals surface area contributed by atoms with Crippen molar-refractivity contribution in [3.8, 4) is 0 Å². The molecule has 2 aromatic rings. The predicted octanol–water partition coefficient (Wildman–Crippen LogP) is 4.22. The summed E-state index contributed by atoms with van der Waals surface area (Å²) in [5.41, 5.74) is -1.11. The van der Waals surface area contributed by atoms with Crippen LogP contribution in [0.25, 0.3) is 0 Å². The van der Waals surface area contributed by atoms with Crippen LogP contribution in [0.2, 0.25) is 5.02 Å². The van der Waals surface area contributed by atoms with Crippen molar-refractivity contribution in [1.29, 1.82) is 0 Å². The lowest BCUT2D eigenvalue weighted by atomic mass is 10.2. The maximum absolute atomic E-state index is 12.7. The molecule has 0 fully saturated rings. The van der Waals surface area contributed by atoms with Gasteiger partial charge >= 0.3 is 6.18 Å². The van der Waals surface area contributed by atoms with E-state index in [0.29, 0.717) is 5.82 Å². The first kappa shape index (κ1) is 18.0. The Kier molecular flexibility index (Phi) is 5.28. The second-order valence-corrected chi connectivity index (χ2v) is 5.64. The Balaban J connectivity index is 2.17. The van der Waals surface area contributed by atoms with Crippen LogP contribution in [-0.4, -0.2) is 21.9 Å². The zero-order valence-corrected chi connectivity index (χ0v) is 13.5. The van der Waals surface area contributed by atoms with Gasteiger partial charge in [0.05, 0.1) is 28.7 Å². The zero-order valence-electron chi connectivity index (χ0n) is 12.8. The molecule has 0 saturated carbocycles. The maximum atomic E-state index is 12.7. The summed E-state index contributed by atoms with van der Waals surface area (Å²) in [7, 11) is 0. The van der Waals surface area contributed by atoms with E-state index in [4.69, 9.17) is 11.6 Å². The summed E-state index contributed by atoms with van der Waals surface area (Å²) in [6.45, 7) is 3.83. The van der Waals surface area contributed by atoms with Gasteiger partial charge in [-0.25, -0.2) is 9.97 Å². The molecule has 128 valence electrons. The minimum Gasteiger partial charge on any atom is -0.367 e. The molecular weight excluding hydrogens is 345 g/mol. The molecule has 2 rings (SSSR count). The standard InChI is InChI=1S/C15H14ClF3N4O/c1-8(2)22-13-7-20-12(6-21-13)14(24)23-11-5-9(15(17,18)19)3-4-10(11)16/h3-8H,1-2H3,(H,21,22)(H,23,24). The fraction of sp³-hybridized carbons (Fsp3) is 0.267. The largest absolute Gasteiger partial charge is 0.416 e. The fourth-order valence-electron chi connectivity index (χ4n) is 1.80. The highest BCUT2D eigenvalue weighted by molar-refractivity contribution is 6.33. The Hall–Kier alpha value is -2.35. The van der Waals surface area contributed by atoms with E-state index < -0.39 is 17.6 Å². The van der Waals surface area contributed by atoms with Crippen molar-refractivity contribution in [1.82, 2.24) is 9.97 Å². The normalized spacial score (nSPS) is 11.5. The summed E-state index contributed by atoms with van der Waals surface area (Å²) in [5.74, 6) is -0.224. The van der Waals surface area contributed by atoms with E-state index in [1.807, 2.05) is 13.8 Å². The van der Waals surface area contributed by atoms with Crippen LogP contribution in [0.4, 0.5) is 24.7 Å². The molecule has 0 spiro atoms. The quantitative estimate of drug-likeness (QED) is 0.858. The van der Waals surface area contributed by atoms with Gasteiger partial charge in [-0.2, -0.15) is 13.2 Å². The zero-order chi connectivity index (χ0) is 17.9. The summed E-state index contributed by atoms with van der Waals surface area (Å²) < 4.78 is 38.2. The first-order chi connectivity index (χ1) is 11.2. The summed E-state index contributed by atoms with van der Waals surface area (Å²) >= 11 is 5.83. The van der Waals surface area contributed by atoms with E-state index in [0.717, 1.165) is 18.2 Å². The maximum Gasteiger partial charge on any atom is 0.416 e. The lowest BCUT2D eigenvalue weighted by molar-refractivity contribution is -0.137. The summed E-state index contributed by atoms with van der Waals surface area (Å²) in [4.78, 5) is 20.0. The molecular formula is C15H14ClF3N4O. The number of nitrogens with zero attached hydrogens (tertiary/aromatic N) is 2. The first-order valence-corrected chi connectivity index (χ1v) is 7.31. The molecule has 1 aromatic heterocycles. The molecule has 2 N–H and O–H groups in total. The van der Waals surface area contributed by atoms with Gasteiger partial charge in [0.15, 0.2) is 0 Å². The number of alkyl halides is 3. The van der Waals surface area contributed by atoms with Gasteiger partial charge in [0.25, 0.3) is 5.91 Å². The van der Waals surface area contributed by atoms with E-state index >= 15 is 0 Å². The fourth-order valence-corrected chi connectivity index (χ4v) is 1.96. The molecule has 0 bridgehead atoms.